The van der Waals surface area contributed by atoms with Gasteiger partial charge in [-0.25, -0.2) is 0 Å². The standard InChI is InChI=1S/C17H24O9/c1-10(18)4-2-6-14(21)25-11-8-23-17-12(9-24-16(11)17)26-15(22)7-3-5-13(19)20/h11-12,16-17H,2-9H2,1H3,(H,19,20)/t11-,12?,16+,17+/m0/s1. The molecule has 0 aromatic rings. The Morgan fingerprint density at radius 3 is 1.73 bits per heavy atom. The molecule has 0 saturated carbocycles. The molecule has 2 saturated heterocycles. The van der Waals surface area contributed by atoms with Crippen LogP contribution in [-0.4, -0.2) is 66.4 Å². The van der Waals surface area contributed by atoms with Gasteiger partial charge in [0, 0.05) is 25.7 Å². The van der Waals surface area contributed by atoms with Crippen molar-refractivity contribution in [3.05, 3.63) is 0 Å². The molecule has 4 atom stereocenters. The molecule has 0 spiro atoms. The second-order valence-electron chi connectivity index (χ2n) is 6.46. The molecule has 2 aliphatic rings. The molecule has 0 aromatic heterocycles. The topological polar surface area (TPSA) is 125 Å². The number of carboxylic acid groups (broad SMARTS) is 1. The summed E-state index contributed by atoms with van der Waals surface area (Å²) in [5.74, 6) is -1.87. The van der Waals surface area contributed by atoms with Crippen LogP contribution in [0.15, 0.2) is 0 Å². The van der Waals surface area contributed by atoms with Crippen LogP contribution in [0.3, 0.4) is 0 Å². The van der Waals surface area contributed by atoms with Crippen LogP contribution in [0, 0.1) is 0 Å². The number of Topliss-reactive ketones (excluding diaryl/α,β-unsaturated/α-hetero) is 1. The first-order valence-electron chi connectivity index (χ1n) is 8.70. The van der Waals surface area contributed by atoms with Gasteiger partial charge in [0.05, 0.1) is 13.2 Å². The van der Waals surface area contributed by atoms with Crippen LogP contribution in [0.5, 0.6) is 0 Å². The summed E-state index contributed by atoms with van der Waals surface area (Å²) >= 11 is 0. The van der Waals surface area contributed by atoms with Crippen molar-refractivity contribution in [3.63, 3.8) is 0 Å². The van der Waals surface area contributed by atoms with Crippen molar-refractivity contribution in [2.75, 3.05) is 13.2 Å². The summed E-state index contributed by atoms with van der Waals surface area (Å²) in [4.78, 5) is 44.9. The molecule has 0 radical (unpaired) electrons. The van der Waals surface area contributed by atoms with E-state index in [2.05, 4.69) is 0 Å². The second kappa shape index (κ2) is 9.63. The average molecular weight is 372 g/mol. The van der Waals surface area contributed by atoms with Gasteiger partial charge in [0.15, 0.2) is 12.2 Å². The maximum absolute atomic E-state index is 11.8. The van der Waals surface area contributed by atoms with Gasteiger partial charge in [0.2, 0.25) is 0 Å². The molecule has 1 unspecified atom stereocenters. The first kappa shape index (κ1) is 20.3. The number of ether oxygens (including phenoxy) is 4. The fraction of sp³-hybridized carbons (Fsp3) is 0.765. The van der Waals surface area contributed by atoms with E-state index in [0.29, 0.717) is 12.8 Å². The van der Waals surface area contributed by atoms with Crippen molar-refractivity contribution in [3.8, 4) is 0 Å². The highest BCUT2D eigenvalue weighted by Crippen LogP contribution is 2.31. The Morgan fingerprint density at radius 1 is 0.846 bits per heavy atom. The van der Waals surface area contributed by atoms with E-state index in [-0.39, 0.29) is 44.7 Å². The number of aliphatic carboxylic acids is 1. The number of hydrogen-bond acceptors (Lipinski definition) is 8. The lowest BCUT2D eigenvalue weighted by atomic mass is 10.1. The second-order valence-corrected chi connectivity index (χ2v) is 6.46. The predicted molar refractivity (Wildman–Crippen MR) is 85.3 cm³/mol. The summed E-state index contributed by atoms with van der Waals surface area (Å²) in [5, 5.41) is 8.57. The lowest BCUT2D eigenvalue weighted by Gasteiger charge is -2.17. The lowest BCUT2D eigenvalue weighted by molar-refractivity contribution is -0.155. The van der Waals surface area contributed by atoms with Crippen molar-refractivity contribution < 1.29 is 43.2 Å². The van der Waals surface area contributed by atoms with Gasteiger partial charge in [0.1, 0.15) is 18.0 Å². The minimum absolute atomic E-state index is 0.00868. The normalized spacial score (nSPS) is 27.0. The highest BCUT2D eigenvalue weighted by Gasteiger charge is 2.51. The molecule has 2 fully saturated rings. The molecule has 0 bridgehead atoms. The third-order valence-electron chi connectivity index (χ3n) is 4.21. The summed E-state index contributed by atoms with van der Waals surface area (Å²) in [5.41, 5.74) is 0. The van der Waals surface area contributed by atoms with Crippen molar-refractivity contribution in [2.24, 2.45) is 0 Å². The van der Waals surface area contributed by atoms with Gasteiger partial charge in [0.25, 0.3) is 0 Å². The maximum Gasteiger partial charge on any atom is 0.306 e. The van der Waals surface area contributed by atoms with Crippen molar-refractivity contribution in [1.82, 2.24) is 0 Å². The zero-order chi connectivity index (χ0) is 19.1. The number of carboxylic acids is 1. The largest absolute Gasteiger partial charge is 0.481 e. The molecule has 9 heteroatoms. The SMILES string of the molecule is CC(=O)CCCC(=O)O[C@H]1CO[C@@H]2C(OC(=O)CCCC(=O)O)CO[C@H]12. The van der Waals surface area contributed by atoms with E-state index in [1.54, 1.807) is 0 Å². The van der Waals surface area contributed by atoms with E-state index in [1.807, 2.05) is 0 Å². The van der Waals surface area contributed by atoms with Crippen molar-refractivity contribution in [2.45, 2.75) is 69.9 Å². The van der Waals surface area contributed by atoms with Crippen LogP contribution in [0.1, 0.15) is 45.4 Å². The van der Waals surface area contributed by atoms with E-state index >= 15 is 0 Å². The minimum atomic E-state index is -0.964. The Kier molecular flexibility index (Phi) is 7.52. The van der Waals surface area contributed by atoms with Crippen LogP contribution in [-0.2, 0) is 38.1 Å². The van der Waals surface area contributed by atoms with E-state index in [1.165, 1.54) is 6.92 Å². The molecule has 0 amide bonds. The van der Waals surface area contributed by atoms with Crippen LogP contribution in [0.25, 0.3) is 0 Å². The van der Waals surface area contributed by atoms with Crippen LogP contribution in [0.2, 0.25) is 0 Å². The summed E-state index contributed by atoms with van der Waals surface area (Å²) < 4.78 is 21.8. The van der Waals surface area contributed by atoms with Gasteiger partial charge in [-0.2, -0.15) is 0 Å². The van der Waals surface area contributed by atoms with Crippen LogP contribution < -0.4 is 0 Å². The molecule has 2 rings (SSSR count). The van der Waals surface area contributed by atoms with E-state index in [9.17, 15) is 19.2 Å². The Morgan fingerprint density at radius 2 is 1.31 bits per heavy atom. The number of fused-ring (bicyclic) bond motifs is 1. The molecule has 1 N–H and O–H groups in total. The summed E-state index contributed by atoms with van der Waals surface area (Å²) in [6, 6.07) is 0. The molecule has 2 aliphatic heterocycles. The Hall–Kier alpha value is -2.00. The molecule has 9 nitrogen and oxygen atoms in total. The molecule has 0 aromatic carbocycles. The molecular weight excluding hydrogens is 348 g/mol. The first-order valence-corrected chi connectivity index (χ1v) is 8.70. The van der Waals surface area contributed by atoms with Crippen LogP contribution in [0.4, 0.5) is 0 Å². The third-order valence-corrected chi connectivity index (χ3v) is 4.21. The number of esters is 2. The Bertz CT molecular complexity index is 496. The third kappa shape index (κ3) is 6.06. The van der Waals surface area contributed by atoms with Gasteiger partial charge in [-0.05, 0) is 19.8 Å². The zero-order valence-electron chi connectivity index (χ0n) is 14.7. The molecule has 2 heterocycles. The number of rotatable bonds is 10. The summed E-state index contributed by atoms with van der Waals surface area (Å²) in [6.45, 7) is 1.76. The Balaban J connectivity index is 1.72. The molecule has 26 heavy (non-hydrogen) atoms. The van der Waals surface area contributed by atoms with Crippen LogP contribution >= 0.6 is 0 Å². The first-order chi connectivity index (χ1) is 12.4. The number of hydrogen-bond donors (Lipinski definition) is 1. The number of carbonyl (C=O) groups is 4. The average Bonchev–Trinajstić information content (AvgIpc) is 3.10. The van der Waals surface area contributed by atoms with E-state index in [0.717, 1.165) is 0 Å². The fourth-order valence-electron chi connectivity index (χ4n) is 2.95. The molecular formula is C17H24O9. The molecule has 146 valence electrons. The summed E-state index contributed by atoms with van der Waals surface area (Å²) in [7, 11) is 0. The number of carbonyl (C=O) groups excluding carboxylic acids is 3. The van der Waals surface area contributed by atoms with Gasteiger partial charge < -0.3 is 28.8 Å². The lowest BCUT2D eigenvalue weighted by Crippen LogP contribution is -2.36. The summed E-state index contributed by atoms with van der Waals surface area (Å²) in [6.07, 6.45) is -1.13. The zero-order valence-corrected chi connectivity index (χ0v) is 14.7. The van der Waals surface area contributed by atoms with E-state index in [4.69, 9.17) is 24.1 Å². The fourth-order valence-corrected chi connectivity index (χ4v) is 2.95. The highest BCUT2D eigenvalue weighted by atomic mass is 16.7. The number of ketones is 1. The smallest absolute Gasteiger partial charge is 0.306 e. The predicted octanol–water partition coefficient (Wildman–Crippen LogP) is 0.622. The molecule has 0 aliphatic carbocycles. The van der Waals surface area contributed by atoms with Gasteiger partial charge in [-0.1, -0.05) is 0 Å². The highest BCUT2D eigenvalue weighted by molar-refractivity contribution is 5.76. The van der Waals surface area contributed by atoms with E-state index < -0.39 is 42.3 Å². The van der Waals surface area contributed by atoms with Crippen molar-refractivity contribution in [1.29, 1.82) is 0 Å². The van der Waals surface area contributed by atoms with Gasteiger partial charge in [-0.15, -0.1) is 0 Å². The monoisotopic (exact) mass is 372 g/mol. The Labute approximate surface area is 150 Å². The van der Waals surface area contributed by atoms with Crippen molar-refractivity contribution >= 4 is 23.7 Å². The van der Waals surface area contributed by atoms with Gasteiger partial charge in [-0.3, -0.25) is 14.4 Å². The quantitative estimate of drug-likeness (QED) is 0.549. The maximum atomic E-state index is 11.8. The van der Waals surface area contributed by atoms with Gasteiger partial charge >= 0.3 is 17.9 Å². The minimum Gasteiger partial charge on any atom is -0.481 e.